The van der Waals surface area contributed by atoms with Crippen molar-refractivity contribution in [2.75, 3.05) is 39.1 Å². The number of thioether (sulfide) groups is 1. The van der Waals surface area contributed by atoms with Crippen LogP contribution < -0.4 is 15.4 Å². The molecule has 0 saturated carbocycles. The van der Waals surface area contributed by atoms with Gasteiger partial charge in [-0.3, -0.25) is 4.99 Å². The number of nitrogens with zero attached hydrogens (tertiary/aromatic N) is 1. The van der Waals surface area contributed by atoms with Crippen molar-refractivity contribution in [2.24, 2.45) is 4.99 Å². The molecule has 0 amide bonds. The number of rotatable bonds is 8. The van der Waals surface area contributed by atoms with E-state index < -0.39 is 0 Å². The zero-order valence-electron chi connectivity index (χ0n) is 15.9. The molecule has 0 spiro atoms. The second-order valence-electron chi connectivity index (χ2n) is 6.42. The van der Waals surface area contributed by atoms with Crippen molar-refractivity contribution >= 4 is 17.7 Å². The van der Waals surface area contributed by atoms with Crippen LogP contribution in [0.1, 0.15) is 26.7 Å². The minimum absolute atomic E-state index is 0.0685. The Labute approximate surface area is 160 Å². The highest BCUT2D eigenvalue weighted by Crippen LogP contribution is 2.34. The lowest BCUT2D eigenvalue weighted by atomic mass is 9.99. The molecule has 1 aliphatic heterocycles. The van der Waals surface area contributed by atoms with Crippen LogP contribution in [0.3, 0.4) is 0 Å². The highest BCUT2D eigenvalue weighted by Gasteiger charge is 2.32. The second kappa shape index (κ2) is 10.6. The van der Waals surface area contributed by atoms with Gasteiger partial charge in [-0.1, -0.05) is 6.92 Å². The van der Waals surface area contributed by atoms with Gasteiger partial charge in [0.15, 0.2) is 5.96 Å². The number of halogens is 1. The van der Waals surface area contributed by atoms with E-state index in [1.54, 1.807) is 19.2 Å². The van der Waals surface area contributed by atoms with Crippen LogP contribution in [0.2, 0.25) is 0 Å². The molecule has 0 radical (unpaired) electrons. The van der Waals surface area contributed by atoms with Crippen molar-refractivity contribution in [3.8, 4) is 5.75 Å². The van der Waals surface area contributed by atoms with Gasteiger partial charge in [0, 0.05) is 31.6 Å². The first-order chi connectivity index (χ1) is 12.6. The molecule has 0 aliphatic carbocycles. The lowest BCUT2D eigenvalue weighted by Gasteiger charge is -2.37. The fourth-order valence-electron chi connectivity index (χ4n) is 2.91. The van der Waals surface area contributed by atoms with Gasteiger partial charge in [-0.25, -0.2) is 4.39 Å². The maximum Gasteiger partial charge on any atom is 0.191 e. The van der Waals surface area contributed by atoms with Crippen molar-refractivity contribution in [2.45, 2.75) is 37.5 Å². The molecule has 7 heteroatoms. The first kappa shape index (κ1) is 20.8. The number of nitrogens with one attached hydrogen (secondary N) is 2. The molecule has 1 unspecified atom stereocenters. The molecule has 2 rings (SSSR count). The molecule has 1 heterocycles. The Hall–Kier alpha value is -1.47. The Balaban J connectivity index is 1.78. The van der Waals surface area contributed by atoms with Gasteiger partial charge in [0.25, 0.3) is 0 Å². The second-order valence-corrected chi connectivity index (χ2v) is 8.15. The molecule has 26 heavy (non-hydrogen) atoms. The van der Waals surface area contributed by atoms with Gasteiger partial charge in [-0.2, -0.15) is 11.8 Å². The SMILES string of the molecule is CCSC1(CNC(=NC)NCC(C)Oc2ccc(F)cc2)CCOCC1. The topological polar surface area (TPSA) is 54.9 Å². The molecule has 1 fully saturated rings. The summed E-state index contributed by atoms with van der Waals surface area (Å²) in [5.41, 5.74) is 0. The monoisotopic (exact) mass is 383 g/mol. The molecule has 0 bridgehead atoms. The van der Waals surface area contributed by atoms with Gasteiger partial charge >= 0.3 is 0 Å². The van der Waals surface area contributed by atoms with Crippen molar-refractivity contribution < 1.29 is 13.9 Å². The van der Waals surface area contributed by atoms with E-state index in [0.29, 0.717) is 12.3 Å². The van der Waals surface area contributed by atoms with Crippen LogP contribution in [0.25, 0.3) is 0 Å². The normalized spacial score (nSPS) is 18.2. The summed E-state index contributed by atoms with van der Waals surface area (Å²) < 4.78 is 24.5. The first-order valence-corrected chi connectivity index (χ1v) is 10.1. The summed E-state index contributed by atoms with van der Waals surface area (Å²) in [6.45, 7) is 7.28. The van der Waals surface area contributed by atoms with E-state index in [-0.39, 0.29) is 16.7 Å². The fourth-order valence-corrected chi connectivity index (χ4v) is 4.16. The molecule has 1 aromatic rings. The molecule has 5 nitrogen and oxygen atoms in total. The summed E-state index contributed by atoms with van der Waals surface area (Å²) in [4.78, 5) is 4.30. The molecular formula is C19H30FN3O2S. The Bertz CT molecular complexity index is 557. The van der Waals surface area contributed by atoms with Crippen molar-refractivity contribution in [3.63, 3.8) is 0 Å². The number of guanidine groups is 1. The van der Waals surface area contributed by atoms with Crippen LogP contribution in [-0.2, 0) is 4.74 Å². The third kappa shape index (κ3) is 6.68. The van der Waals surface area contributed by atoms with E-state index in [1.807, 2.05) is 18.7 Å². The van der Waals surface area contributed by atoms with Crippen LogP contribution in [0.5, 0.6) is 5.75 Å². The number of aliphatic imine (C=N–C) groups is 1. The quantitative estimate of drug-likeness (QED) is 0.534. The molecule has 1 atom stereocenters. The van der Waals surface area contributed by atoms with E-state index in [2.05, 4.69) is 22.5 Å². The van der Waals surface area contributed by atoms with Gasteiger partial charge in [0.2, 0.25) is 0 Å². The first-order valence-electron chi connectivity index (χ1n) is 9.15. The Morgan fingerprint density at radius 2 is 2.00 bits per heavy atom. The van der Waals surface area contributed by atoms with Crippen LogP contribution in [0.15, 0.2) is 29.3 Å². The van der Waals surface area contributed by atoms with Gasteiger partial charge in [0.1, 0.15) is 17.7 Å². The highest BCUT2D eigenvalue weighted by atomic mass is 32.2. The molecule has 1 saturated heterocycles. The van der Waals surface area contributed by atoms with Crippen molar-refractivity contribution in [3.05, 3.63) is 30.1 Å². The average molecular weight is 384 g/mol. The van der Waals surface area contributed by atoms with Crippen LogP contribution in [0, 0.1) is 5.82 Å². The third-order valence-electron chi connectivity index (χ3n) is 4.36. The summed E-state index contributed by atoms with van der Waals surface area (Å²) in [5, 5.41) is 6.75. The fraction of sp³-hybridized carbons (Fsp3) is 0.632. The maximum absolute atomic E-state index is 12.9. The minimum atomic E-state index is -0.264. The standard InChI is InChI=1S/C19H30FN3O2S/c1-4-26-19(9-11-24-12-10-19)14-23-18(21-3)22-13-15(2)25-17-7-5-16(20)6-8-17/h5-8,15H,4,9-14H2,1-3H3,(H2,21,22,23). The summed E-state index contributed by atoms with van der Waals surface area (Å²) in [6.07, 6.45) is 2.04. The van der Waals surface area contributed by atoms with Crippen molar-refractivity contribution in [1.82, 2.24) is 10.6 Å². The predicted octanol–water partition coefficient (Wildman–Crippen LogP) is 3.06. The lowest BCUT2D eigenvalue weighted by Crippen LogP contribution is -2.49. The van der Waals surface area contributed by atoms with Gasteiger partial charge in [-0.15, -0.1) is 0 Å². The summed E-state index contributed by atoms with van der Waals surface area (Å²) >= 11 is 2.00. The summed E-state index contributed by atoms with van der Waals surface area (Å²) in [7, 11) is 1.77. The van der Waals surface area contributed by atoms with E-state index in [4.69, 9.17) is 9.47 Å². The van der Waals surface area contributed by atoms with Crippen LogP contribution in [-0.4, -0.2) is 55.9 Å². The lowest BCUT2D eigenvalue weighted by molar-refractivity contribution is 0.0782. The average Bonchev–Trinajstić information content (AvgIpc) is 2.65. The van der Waals surface area contributed by atoms with E-state index in [0.717, 1.165) is 44.3 Å². The molecule has 146 valence electrons. The zero-order valence-corrected chi connectivity index (χ0v) is 16.7. The predicted molar refractivity (Wildman–Crippen MR) is 107 cm³/mol. The summed E-state index contributed by atoms with van der Waals surface area (Å²) in [6, 6.07) is 6.06. The number of hydrogen-bond donors (Lipinski definition) is 2. The molecule has 0 aromatic heterocycles. The number of benzene rings is 1. The van der Waals surface area contributed by atoms with E-state index in [9.17, 15) is 4.39 Å². The summed E-state index contributed by atoms with van der Waals surface area (Å²) in [5.74, 6) is 2.25. The van der Waals surface area contributed by atoms with Crippen LogP contribution >= 0.6 is 11.8 Å². The largest absolute Gasteiger partial charge is 0.489 e. The molecule has 2 N–H and O–H groups in total. The maximum atomic E-state index is 12.9. The van der Waals surface area contributed by atoms with Crippen LogP contribution in [0.4, 0.5) is 4.39 Å². The molecule has 1 aromatic carbocycles. The Morgan fingerprint density at radius 1 is 1.31 bits per heavy atom. The number of hydrogen-bond acceptors (Lipinski definition) is 4. The minimum Gasteiger partial charge on any atom is -0.489 e. The Kier molecular flexibility index (Phi) is 8.51. The number of ether oxygens (including phenoxy) is 2. The van der Waals surface area contributed by atoms with Gasteiger partial charge < -0.3 is 20.1 Å². The third-order valence-corrected chi connectivity index (χ3v) is 5.82. The highest BCUT2D eigenvalue weighted by molar-refractivity contribution is 8.00. The van der Waals surface area contributed by atoms with E-state index in [1.165, 1.54) is 12.1 Å². The zero-order chi connectivity index (χ0) is 18.8. The van der Waals surface area contributed by atoms with Crippen molar-refractivity contribution in [1.29, 1.82) is 0 Å². The Morgan fingerprint density at radius 3 is 2.62 bits per heavy atom. The van der Waals surface area contributed by atoms with E-state index >= 15 is 0 Å². The smallest absolute Gasteiger partial charge is 0.191 e. The van der Waals surface area contributed by atoms with Gasteiger partial charge in [0.05, 0.1) is 6.54 Å². The van der Waals surface area contributed by atoms with Gasteiger partial charge in [-0.05, 0) is 49.8 Å². The molecular weight excluding hydrogens is 353 g/mol. The molecule has 1 aliphatic rings.